The third kappa shape index (κ3) is 3.96. The lowest BCUT2D eigenvalue weighted by Crippen LogP contribution is -2.49. The van der Waals surface area contributed by atoms with Gasteiger partial charge < -0.3 is 10.2 Å². The first-order chi connectivity index (χ1) is 12.1. The standard InChI is InChI=1S/C19H20N2O3S/c1-13(22)14-6-4-7-15(12-14)20-18(23)16-8-2-3-10-21(16)19(24)17-9-5-11-25-17/h4-7,9,11-12,16H,2-3,8,10H2,1H3,(H,20,23). The molecule has 1 atom stereocenters. The molecule has 1 N–H and O–H groups in total. The van der Waals surface area contributed by atoms with E-state index in [4.69, 9.17) is 0 Å². The zero-order valence-electron chi connectivity index (χ0n) is 14.0. The molecule has 0 aliphatic carbocycles. The number of Topliss-reactive ketones (excluding diaryl/α,β-unsaturated/α-hetero) is 1. The maximum absolute atomic E-state index is 12.7. The van der Waals surface area contributed by atoms with Gasteiger partial charge in [-0.1, -0.05) is 18.2 Å². The predicted molar refractivity (Wildman–Crippen MR) is 98.1 cm³/mol. The molecule has 1 aliphatic heterocycles. The van der Waals surface area contributed by atoms with Crippen molar-refractivity contribution < 1.29 is 14.4 Å². The molecule has 2 amide bonds. The summed E-state index contributed by atoms with van der Waals surface area (Å²) in [6, 6.07) is 10.0. The molecular formula is C19H20N2O3S. The molecule has 0 spiro atoms. The Labute approximate surface area is 150 Å². The number of thiophene rings is 1. The van der Waals surface area contributed by atoms with Crippen LogP contribution in [0, 0.1) is 0 Å². The fraction of sp³-hybridized carbons (Fsp3) is 0.316. The molecule has 1 fully saturated rings. The predicted octanol–water partition coefficient (Wildman–Crippen LogP) is 3.58. The average molecular weight is 356 g/mol. The van der Waals surface area contributed by atoms with Crippen LogP contribution in [-0.2, 0) is 4.79 Å². The maximum atomic E-state index is 12.7. The Morgan fingerprint density at radius 2 is 2.00 bits per heavy atom. The molecule has 2 heterocycles. The molecule has 6 heteroatoms. The van der Waals surface area contributed by atoms with Crippen LogP contribution in [0.5, 0.6) is 0 Å². The SMILES string of the molecule is CC(=O)c1cccc(NC(=O)C2CCCCN2C(=O)c2cccs2)c1. The number of nitrogens with one attached hydrogen (secondary N) is 1. The summed E-state index contributed by atoms with van der Waals surface area (Å²) < 4.78 is 0. The Bertz CT molecular complexity index is 786. The van der Waals surface area contributed by atoms with Crippen LogP contribution in [0.3, 0.4) is 0 Å². The fourth-order valence-corrected chi connectivity index (χ4v) is 3.71. The molecule has 1 aromatic heterocycles. The third-order valence-corrected chi connectivity index (χ3v) is 5.19. The van der Waals surface area contributed by atoms with Crippen molar-refractivity contribution in [3.05, 3.63) is 52.2 Å². The minimum absolute atomic E-state index is 0.0525. The summed E-state index contributed by atoms with van der Waals surface area (Å²) in [6.07, 6.45) is 2.47. The van der Waals surface area contributed by atoms with E-state index in [0.717, 1.165) is 12.8 Å². The summed E-state index contributed by atoms with van der Waals surface area (Å²) in [6.45, 7) is 2.08. The topological polar surface area (TPSA) is 66.5 Å². The molecular weight excluding hydrogens is 336 g/mol. The summed E-state index contributed by atoms with van der Waals surface area (Å²) in [5.41, 5.74) is 1.12. The van der Waals surface area contributed by atoms with Crippen molar-refractivity contribution in [1.29, 1.82) is 0 Å². The summed E-state index contributed by atoms with van der Waals surface area (Å²) in [5, 5.41) is 4.72. The van der Waals surface area contributed by atoms with Gasteiger partial charge in [0.15, 0.2) is 5.78 Å². The van der Waals surface area contributed by atoms with Gasteiger partial charge in [-0.05, 0) is 49.8 Å². The molecule has 1 aromatic carbocycles. The maximum Gasteiger partial charge on any atom is 0.264 e. The van der Waals surface area contributed by atoms with Crippen LogP contribution in [0.15, 0.2) is 41.8 Å². The minimum atomic E-state index is -0.482. The van der Waals surface area contributed by atoms with Crippen molar-refractivity contribution in [3.63, 3.8) is 0 Å². The number of carbonyl (C=O) groups is 3. The van der Waals surface area contributed by atoms with Gasteiger partial charge in [-0.15, -0.1) is 11.3 Å². The molecule has 0 radical (unpaired) electrons. The minimum Gasteiger partial charge on any atom is -0.326 e. The summed E-state index contributed by atoms with van der Waals surface area (Å²) >= 11 is 1.39. The van der Waals surface area contributed by atoms with Crippen LogP contribution in [0.25, 0.3) is 0 Å². The van der Waals surface area contributed by atoms with E-state index in [0.29, 0.717) is 29.1 Å². The number of hydrogen-bond donors (Lipinski definition) is 1. The number of likely N-dealkylation sites (tertiary alicyclic amines) is 1. The van der Waals surface area contributed by atoms with Crippen LogP contribution in [0.4, 0.5) is 5.69 Å². The smallest absolute Gasteiger partial charge is 0.264 e. The van der Waals surface area contributed by atoms with Crippen LogP contribution in [0.1, 0.15) is 46.2 Å². The van der Waals surface area contributed by atoms with Crippen molar-refractivity contribution >= 4 is 34.6 Å². The van der Waals surface area contributed by atoms with E-state index in [2.05, 4.69) is 5.32 Å². The normalized spacial score (nSPS) is 17.2. The van der Waals surface area contributed by atoms with Gasteiger partial charge >= 0.3 is 0 Å². The van der Waals surface area contributed by atoms with Crippen molar-refractivity contribution in [2.45, 2.75) is 32.2 Å². The van der Waals surface area contributed by atoms with E-state index in [1.54, 1.807) is 35.2 Å². The second kappa shape index (κ2) is 7.61. The molecule has 5 nitrogen and oxygen atoms in total. The number of amides is 2. The zero-order chi connectivity index (χ0) is 17.8. The van der Waals surface area contributed by atoms with Gasteiger partial charge in [0.05, 0.1) is 4.88 Å². The van der Waals surface area contributed by atoms with E-state index >= 15 is 0 Å². The third-order valence-electron chi connectivity index (χ3n) is 4.33. The number of rotatable bonds is 4. The Morgan fingerprint density at radius 3 is 2.72 bits per heavy atom. The zero-order valence-corrected chi connectivity index (χ0v) is 14.8. The molecule has 25 heavy (non-hydrogen) atoms. The number of anilines is 1. The lowest BCUT2D eigenvalue weighted by molar-refractivity contribution is -0.121. The van der Waals surface area contributed by atoms with Crippen molar-refractivity contribution in [2.24, 2.45) is 0 Å². The fourth-order valence-electron chi connectivity index (χ4n) is 3.03. The number of piperidine rings is 1. The van der Waals surface area contributed by atoms with Gasteiger partial charge in [0, 0.05) is 17.8 Å². The largest absolute Gasteiger partial charge is 0.326 e. The summed E-state index contributed by atoms with van der Waals surface area (Å²) in [4.78, 5) is 39.2. The second-order valence-corrected chi connectivity index (χ2v) is 7.06. The lowest BCUT2D eigenvalue weighted by Gasteiger charge is -2.34. The van der Waals surface area contributed by atoms with Gasteiger partial charge in [-0.3, -0.25) is 14.4 Å². The van der Waals surface area contributed by atoms with Gasteiger partial charge in [0.1, 0.15) is 6.04 Å². The highest BCUT2D eigenvalue weighted by molar-refractivity contribution is 7.12. The highest BCUT2D eigenvalue weighted by Crippen LogP contribution is 2.23. The van der Waals surface area contributed by atoms with E-state index < -0.39 is 6.04 Å². The monoisotopic (exact) mass is 356 g/mol. The number of ketones is 1. The number of hydrogen-bond acceptors (Lipinski definition) is 4. The number of carbonyl (C=O) groups excluding carboxylic acids is 3. The molecule has 0 saturated carbocycles. The van der Waals surface area contributed by atoms with Gasteiger partial charge in [0.2, 0.25) is 5.91 Å². The van der Waals surface area contributed by atoms with E-state index in [-0.39, 0.29) is 17.6 Å². The average Bonchev–Trinajstić information content (AvgIpc) is 3.16. The van der Waals surface area contributed by atoms with Gasteiger partial charge in [0.25, 0.3) is 5.91 Å². The first kappa shape index (κ1) is 17.4. The molecule has 1 aliphatic rings. The highest BCUT2D eigenvalue weighted by atomic mass is 32.1. The molecule has 1 unspecified atom stereocenters. The van der Waals surface area contributed by atoms with E-state index in [9.17, 15) is 14.4 Å². The Kier molecular flexibility index (Phi) is 5.28. The van der Waals surface area contributed by atoms with Crippen molar-refractivity contribution in [3.8, 4) is 0 Å². The highest BCUT2D eigenvalue weighted by Gasteiger charge is 2.33. The summed E-state index contributed by atoms with van der Waals surface area (Å²) in [7, 11) is 0. The molecule has 2 aromatic rings. The van der Waals surface area contributed by atoms with Crippen molar-refractivity contribution in [1.82, 2.24) is 4.90 Å². The first-order valence-electron chi connectivity index (χ1n) is 8.32. The Balaban J connectivity index is 1.76. The molecule has 0 bridgehead atoms. The van der Waals surface area contributed by atoms with Gasteiger partial charge in [-0.2, -0.15) is 0 Å². The number of nitrogens with zero attached hydrogens (tertiary/aromatic N) is 1. The lowest BCUT2D eigenvalue weighted by atomic mass is 10.0. The van der Waals surface area contributed by atoms with Gasteiger partial charge in [-0.25, -0.2) is 0 Å². The Morgan fingerprint density at radius 1 is 1.16 bits per heavy atom. The van der Waals surface area contributed by atoms with E-state index in [1.165, 1.54) is 18.3 Å². The van der Waals surface area contributed by atoms with Crippen LogP contribution < -0.4 is 5.32 Å². The second-order valence-electron chi connectivity index (χ2n) is 6.11. The first-order valence-corrected chi connectivity index (χ1v) is 9.20. The van der Waals surface area contributed by atoms with Crippen LogP contribution in [0.2, 0.25) is 0 Å². The quantitative estimate of drug-likeness (QED) is 0.852. The van der Waals surface area contributed by atoms with Crippen molar-refractivity contribution in [2.75, 3.05) is 11.9 Å². The molecule has 1 saturated heterocycles. The number of benzene rings is 1. The van der Waals surface area contributed by atoms with Crippen LogP contribution in [-0.4, -0.2) is 35.1 Å². The molecule has 3 rings (SSSR count). The van der Waals surface area contributed by atoms with E-state index in [1.807, 2.05) is 11.4 Å². The van der Waals surface area contributed by atoms with Crippen LogP contribution >= 0.6 is 11.3 Å². The molecule has 130 valence electrons. The summed E-state index contributed by atoms with van der Waals surface area (Å²) in [5.74, 6) is -0.346. The Hall–Kier alpha value is -2.47.